The molecule has 0 saturated heterocycles. The van der Waals surface area contributed by atoms with Crippen molar-refractivity contribution < 1.29 is 4.79 Å². The van der Waals surface area contributed by atoms with Crippen molar-refractivity contribution in [2.45, 2.75) is 26.2 Å². The molecule has 0 radical (unpaired) electrons. The highest BCUT2D eigenvalue weighted by Gasteiger charge is 2.09. The molecule has 0 aromatic carbocycles. The van der Waals surface area contributed by atoms with E-state index in [1.54, 1.807) is 0 Å². The molecule has 0 spiro atoms. The van der Waals surface area contributed by atoms with E-state index in [0.717, 1.165) is 12.8 Å². The van der Waals surface area contributed by atoms with E-state index in [9.17, 15) is 4.79 Å². The number of amides is 1. The predicted molar refractivity (Wildman–Crippen MR) is 55.6 cm³/mol. The lowest BCUT2D eigenvalue weighted by molar-refractivity contribution is -0.124. The molecule has 0 aromatic heterocycles. The molecule has 0 saturated carbocycles. The van der Waals surface area contributed by atoms with Gasteiger partial charge in [-0.3, -0.25) is 4.79 Å². The van der Waals surface area contributed by atoms with Gasteiger partial charge < -0.3 is 10.6 Å². The van der Waals surface area contributed by atoms with Crippen LogP contribution in [0.4, 0.5) is 0 Å². The van der Waals surface area contributed by atoms with Gasteiger partial charge in [-0.15, -0.1) is 0 Å². The van der Waals surface area contributed by atoms with E-state index in [0.29, 0.717) is 19.5 Å². The Morgan fingerprint density at radius 3 is 2.79 bits per heavy atom. The number of carbonyl (C=O) groups excluding carboxylic acids is 1. The topological polar surface area (TPSA) is 64.9 Å². The number of nitriles is 1. The summed E-state index contributed by atoms with van der Waals surface area (Å²) in [6.07, 6.45) is 2.31. The lowest BCUT2D eigenvalue weighted by atomic mass is 10.1. The number of hydrogen-bond acceptors (Lipinski definition) is 3. The van der Waals surface area contributed by atoms with Crippen molar-refractivity contribution in [1.29, 1.82) is 5.26 Å². The quantitative estimate of drug-likeness (QED) is 0.589. The molecule has 80 valence electrons. The largest absolute Gasteiger partial charge is 0.356 e. The van der Waals surface area contributed by atoms with Crippen molar-refractivity contribution >= 4 is 5.91 Å². The number of nitrogens with zero attached hydrogens (tertiary/aromatic N) is 1. The summed E-state index contributed by atoms with van der Waals surface area (Å²) < 4.78 is 0. The van der Waals surface area contributed by atoms with E-state index in [-0.39, 0.29) is 11.8 Å². The van der Waals surface area contributed by atoms with Crippen LogP contribution in [0.5, 0.6) is 0 Å². The Morgan fingerprint density at radius 2 is 2.21 bits per heavy atom. The van der Waals surface area contributed by atoms with Gasteiger partial charge >= 0.3 is 0 Å². The van der Waals surface area contributed by atoms with Crippen LogP contribution in [-0.2, 0) is 4.79 Å². The first kappa shape index (κ1) is 12.9. The maximum Gasteiger partial charge on any atom is 0.224 e. The van der Waals surface area contributed by atoms with E-state index in [2.05, 4.69) is 16.7 Å². The van der Waals surface area contributed by atoms with Crippen LogP contribution in [0.1, 0.15) is 26.2 Å². The van der Waals surface area contributed by atoms with Crippen LogP contribution in [0, 0.1) is 17.2 Å². The highest BCUT2D eigenvalue weighted by molar-refractivity contribution is 5.78. The first-order chi connectivity index (χ1) is 6.72. The van der Waals surface area contributed by atoms with Crippen molar-refractivity contribution in [3.05, 3.63) is 0 Å². The second-order valence-electron chi connectivity index (χ2n) is 3.36. The van der Waals surface area contributed by atoms with Gasteiger partial charge in [-0.05, 0) is 19.9 Å². The van der Waals surface area contributed by atoms with Crippen LogP contribution in [-0.4, -0.2) is 26.0 Å². The molecule has 0 aliphatic heterocycles. The van der Waals surface area contributed by atoms with Crippen LogP contribution in [0.15, 0.2) is 0 Å². The molecule has 0 aromatic rings. The summed E-state index contributed by atoms with van der Waals surface area (Å²) in [5.41, 5.74) is 0. The second-order valence-corrected chi connectivity index (χ2v) is 3.36. The highest BCUT2D eigenvalue weighted by atomic mass is 16.1. The Bertz CT molecular complexity index is 198. The van der Waals surface area contributed by atoms with Gasteiger partial charge in [0, 0.05) is 25.4 Å². The van der Waals surface area contributed by atoms with E-state index >= 15 is 0 Å². The third-order valence-corrected chi connectivity index (χ3v) is 1.97. The summed E-state index contributed by atoms with van der Waals surface area (Å²) in [7, 11) is 1.83. The normalized spacial score (nSPS) is 11.8. The minimum Gasteiger partial charge on any atom is -0.356 e. The molecular formula is C10H19N3O. The Kier molecular flexibility index (Phi) is 7.86. The Balaban J connectivity index is 3.40. The van der Waals surface area contributed by atoms with E-state index in [1.165, 1.54) is 0 Å². The molecule has 0 aliphatic rings. The Morgan fingerprint density at radius 1 is 1.50 bits per heavy atom. The molecule has 1 amide bonds. The molecule has 14 heavy (non-hydrogen) atoms. The molecule has 0 aliphatic carbocycles. The zero-order valence-corrected chi connectivity index (χ0v) is 8.97. The summed E-state index contributed by atoms with van der Waals surface area (Å²) in [5.74, 6) is 0.0901. The molecule has 4 heteroatoms. The van der Waals surface area contributed by atoms with Gasteiger partial charge in [-0.25, -0.2) is 0 Å². The van der Waals surface area contributed by atoms with Crippen LogP contribution in [0.25, 0.3) is 0 Å². The van der Waals surface area contributed by atoms with Crippen molar-refractivity contribution in [2.75, 3.05) is 20.1 Å². The molecule has 1 unspecified atom stereocenters. The first-order valence-electron chi connectivity index (χ1n) is 5.01. The molecular weight excluding hydrogens is 178 g/mol. The fraction of sp³-hybridized carbons (Fsp3) is 0.800. The van der Waals surface area contributed by atoms with Gasteiger partial charge in [-0.2, -0.15) is 5.26 Å². The first-order valence-corrected chi connectivity index (χ1v) is 5.01. The van der Waals surface area contributed by atoms with Crippen LogP contribution >= 0.6 is 0 Å². The smallest absolute Gasteiger partial charge is 0.224 e. The monoisotopic (exact) mass is 197 g/mol. The number of carbonyl (C=O) groups is 1. The predicted octanol–water partition coefficient (Wildman–Crippen LogP) is 0.652. The Labute approximate surface area is 85.7 Å². The van der Waals surface area contributed by atoms with Gasteiger partial charge in [0.1, 0.15) is 0 Å². The maximum absolute atomic E-state index is 11.3. The number of hydrogen-bond donors (Lipinski definition) is 2. The van der Waals surface area contributed by atoms with Crippen molar-refractivity contribution in [1.82, 2.24) is 10.6 Å². The fourth-order valence-corrected chi connectivity index (χ4v) is 1.11. The summed E-state index contributed by atoms with van der Waals surface area (Å²) >= 11 is 0. The Hall–Kier alpha value is -1.08. The highest BCUT2D eigenvalue weighted by Crippen LogP contribution is 1.94. The fourth-order valence-electron chi connectivity index (χ4n) is 1.11. The minimum absolute atomic E-state index is 0.0102. The molecule has 0 fully saturated rings. The zero-order valence-electron chi connectivity index (χ0n) is 8.97. The van der Waals surface area contributed by atoms with Gasteiger partial charge in [0.2, 0.25) is 5.91 Å². The second kappa shape index (κ2) is 8.52. The molecule has 2 N–H and O–H groups in total. The van der Waals surface area contributed by atoms with E-state index < -0.39 is 0 Å². The van der Waals surface area contributed by atoms with Crippen molar-refractivity contribution in [3.63, 3.8) is 0 Å². The summed E-state index contributed by atoms with van der Waals surface area (Å²) in [6.45, 7) is 3.26. The summed E-state index contributed by atoms with van der Waals surface area (Å²) in [5, 5.41) is 14.1. The minimum atomic E-state index is 0.0102. The molecule has 0 heterocycles. The number of rotatable bonds is 7. The third-order valence-electron chi connectivity index (χ3n) is 1.97. The van der Waals surface area contributed by atoms with Crippen molar-refractivity contribution in [2.24, 2.45) is 5.92 Å². The summed E-state index contributed by atoms with van der Waals surface area (Å²) in [4.78, 5) is 11.3. The SMILES string of the molecule is CNCC(C)C(=O)NCCCCC#N. The molecule has 0 rings (SSSR count). The average molecular weight is 197 g/mol. The van der Waals surface area contributed by atoms with Crippen LogP contribution < -0.4 is 10.6 Å². The standard InChI is InChI=1S/C10H19N3O/c1-9(8-12-2)10(14)13-7-5-3-4-6-11/h9,12H,3-5,7-8H2,1-2H3,(H,13,14). The lowest BCUT2D eigenvalue weighted by Crippen LogP contribution is -2.34. The van der Waals surface area contributed by atoms with Crippen LogP contribution in [0.2, 0.25) is 0 Å². The average Bonchev–Trinajstić information content (AvgIpc) is 2.17. The molecule has 1 atom stereocenters. The van der Waals surface area contributed by atoms with E-state index in [4.69, 9.17) is 5.26 Å². The van der Waals surface area contributed by atoms with Crippen molar-refractivity contribution in [3.8, 4) is 6.07 Å². The molecule has 4 nitrogen and oxygen atoms in total. The van der Waals surface area contributed by atoms with Crippen LogP contribution in [0.3, 0.4) is 0 Å². The van der Waals surface area contributed by atoms with E-state index in [1.807, 2.05) is 14.0 Å². The maximum atomic E-state index is 11.3. The lowest BCUT2D eigenvalue weighted by Gasteiger charge is -2.10. The number of nitrogens with one attached hydrogen (secondary N) is 2. The number of unbranched alkanes of at least 4 members (excludes halogenated alkanes) is 2. The zero-order chi connectivity index (χ0) is 10.8. The van der Waals surface area contributed by atoms with Gasteiger partial charge in [0.15, 0.2) is 0 Å². The van der Waals surface area contributed by atoms with Gasteiger partial charge in [0.25, 0.3) is 0 Å². The van der Waals surface area contributed by atoms with Gasteiger partial charge in [-0.1, -0.05) is 6.92 Å². The molecule has 0 bridgehead atoms. The summed E-state index contributed by atoms with van der Waals surface area (Å²) in [6, 6.07) is 2.08. The third kappa shape index (κ3) is 6.44. The van der Waals surface area contributed by atoms with Gasteiger partial charge in [0.05, 0.1) is 6.07 Å².